The molecule has 2 aliphatic rings. The molecule has 56 heavy (non-hydrogen) atoms. The first-order valence-electron chi connectivity index (χ1n) is 19.5. The van der Waals surface area contributed by atoms with Crippen molar-refractivity contribution in [3.63, 3.8) is 0 Å². The maximum Gasteiger partial charge on any atom is 0.0737 e. The fourth-order valence-electron chi connectivity index (χ4n) is 10.3. The molecule has 1 nitrogen and oxygen atoms in total. The molecule has 260 valence electrons. The van der Waals surface area contributed by atoms with Crippen molar-refractivity contribution in [3.8, 4) is 33.4 Å². The smallest absolute Gasteiger partial charge is 0.0737 e. The number of fused-ring (bicyclic) bond motifs is 17. The maximum absolute atomic E-state index is 2.42. The van der Waals surface area contributed by atoms with Crippen LogP contribution in [0.5, 0.6) is 0 Å². The van der Waals surface area contributed by atoms with E-state index in [0.29, 0.717) is 0 Å². The summed E-state index contributed by atoms with van der Waals surface area (Å²) in [6.07, 6.45) is 0. The minimum Gasteiger partial charge on any atom is -0.310 e. The Kier molecular flexibility index (Phi) is 6.62. The van der Waals surface area contributed by atoms with Gasteiger partial charge in [0.05, 0.1) is 5.41 Å². The number of nitrogens with zero attached hydrogens (tertiary/aromatic N) is 1. The molecule has 0 bridgehead atoms. The highest BCUT2D eigenvalue weighted by atomic mass is 15.1. The molecule has 2 aliphatic carbocycles. The molecule has 0 atom stereocenters. The second kappa shape index (κ2) is 11.9. The van der Waals surface area contributed by atoms with Crippen LogP contribution in [-0.4, -0.2) is 0 Å². The van der Waals surface area contributed by atoms with Crippen molar-refractivity contribution < 1.29 is 0 Å². The second-order valence-corrected chi connectivity index (χ2v) is 15.2. The molecule has 0 amide bonds. The molecule has 0 radical (unpaired) electrons. The average molecular weight is 710 g/mol. The van der Waals surface area contributed by atoms with Gasteiger partial charge in [-0.25, -0.2) is 0 Å². The zero-order valence-electron chi connectivity index (χ0n) is 30.7. The Labute approximate surface area is 326 Å². The lowest BCUT2D eigenvalue weighted by atomic mass is 9.68. The van der Waals surface area contributed by atoms with Gasteiger partial charge >= 0.3 is 0 Å². The van der Waals surface area contributed by atoms with Gasteiger partial charge in [-0.05, 0) is 124 Å². The van der Waals surface area contributed by atoms with Crippen molar-refractivity contribution in [2.24, 2.45) is 0 Å². The Morgan fingerprint density at radius 3 is 1.59 bits per heavy atom. The molecule has 0 aromatic heterocycles. The topological polar surface area (TPSA) is 3.24 Å². The first-order chi connectivity index (χ1) is 27.8. The van der Waals surface area contributed by atoms with E-state index in [4.69, 9.17) is 0 Å². The van der Waals surface area contributed by atoms with Crippen molar-refractivity contribution >= 4 is 49.4 Å². The van der Waals surface area contributed by atoms with Crippen molar-refractivity contribution in [1.82, 2.24) is 0 Å². The summed E-state index contributed by atoms with van der Waals surface area (Å²) in [6.45, 7) is 0. The number of benzene rings is 10. The predicted octanol–water partition coefficient (Wildman–Crippen LogP) is 14.6. The van der Waals surface area contributed by atoms with Crippen LogP contribution in [0.4, 0.5) is 17.1 Å². The molecule has 0 N–H and O–H groups in total. The van der Waals surface area contributed by atoms with Gasteiger partial charge in [0, 0.05) is 17.1 Å². The highest BCUT2D eigenvalue weighted by Gasteiger charge is 2.53. The number of para-hydroxylation sites is 1. The van der Waals surface area contributed by atoms with Crippen molar-refractivity contribution in [3.05, 3.63) is 235 Å². The highest BCUT2D eigenvalue weighted by molar-refractivity contribution is 6.21. The fourth-order valence-corrected chi connectivity index (χ4v) is 10.3. The molecule has 0 saturated heterocycles. The lowest BCUT2D eigenvalue weighted by Gasteiger charge is -2.33. The van der Waals surface area contributed by atoms with Crippen LogP contribution in [-0.2, 0) is 5.41 Å². The summed E-state index contributed by atoms with van der Waals surface area (Å²) in [5.74, 6) is 0. The number of hydrogen-bond donors (Lipinski definition) is 0. The lowest BCUT2D eigenvalue weighted by Crippen LogP contribution is -2.26. The lowest BCUT2D eigenvalue weighted by molar-refractivity contribution is 0.809. The average Bonchev–Trinajstić information content (AvgIpc) is 3.75. The first kappa shape index (κ1) is 31.2. The van der Waals surface area contributed by atoms with Crippen LogP contribution in [0.15, 0.2) is 212 Å². The molecule has 0 heterocycles. The largest absolute Gasteiger partial charge is 0.310 e. The van der Waals surface area contributed by atoms with Crippen molar-refractivity contribution in [1.29, 1.82) is 0 Å². The standard InChI is InChI=1S/C55H35N/c1-3-16-36(17-4-1)37-18-15-21-40(34-37)56(39-19-5-2-6-20-39)41-31-33-42-38(35-41)30-32-49-52-47-26-9-7-22-43(47)44-23-8-10-27-48(44)54(52)55(53(42)49)50-28-13-11-24-45(50)46-25-12-14-29-51(46)55/h1-35H. The molecule has 0 aliphatic heterocycles. The molecule has 10 aromatic rings. The molecule has 12 rings (SSSR count). The third kappa shape index (κ3) is 4.20. The minimum atomic E-state index is -0.494. The van der Waals surface area contributed by atoms with Gasteiger partial charge in [-0.15, -0.1) is 0 Å². The Morgan fingerprint density at radius 2 is 0.857 bits per heavy atom. The van der Waals surface area contributed by atoms with Gasteiger partial charge in [-0.1, -0.05) is 176 Å². The first-order valence-corrected chi connectivity index (χ1v) is 19.5. The number of hydrogen-bond acceptors (Lipinski definition) is 1. The molecule has 10 aromatic carbocycles. The number of anilines is 3. The van der Waals surface area contributed by atoms with Gasteiger partial charge in [0.15, 0.2) is 0 Å². The number of rotatable bonds is 4. The quantitative estimate of drug-likeness (QED) is 0.164. The zero-order chi connectivity index (χ0) is 36.8. The summed E-state index contributed by atoms with van der Waals surface area (Å²) in [4.78, 5) is 2.39. The Hall–Kier alpha value is -7.22. The van der Waals surface area contributed by atoms with Crippen molar-refractivity contribution in [2.75, 3.05) is 4.90 Å². The molecule has 1 heteroatoms. The third-order valence-electron chi connectivity index (χ3n) is 12.4. The van der Waals surface area contributed by atoms with Gasteiger partial charge in [-0.2, -0.15) is 0 Å². The van der Waals surface area contributed by atoms with E-state index in [-0.39, 0.29) is 0 Å². The van der Waals surface area contributed by atoms with Gasteiger partial charge in [-0.3, -0.25) is 0 Å². The van der Waals surface area contributed by atoms with Gasteiger partial charge in [0.2, 0.25) is 0 Å². The SMILES string of the molecule is c1ccc(-c2cccc(N(c3ccccc3)c3ccc4c5c(ccc4c3)-c3c(c4ccccc4c4ccccc34)C53c4ccccc4-c4ccccc43)c2)cc1. The van der Waals surface area contributed by atoms with Gasteiger partial charge in [0.1, 0.15) is 0 Å². The monoisotopic (exact) mass is 709 g/mol. The summed E-state index contributed by atoms with van der Waals surface area (Å²) >= 11 is 0. The van der Waals surface area contributed by atoms with Crippen molar-refractivity contribution in [2.45, 2.75) is 5.41 Å². The van der Waals surface area contributed by atoms with E-state index in [1.807, 2.05) is 0 Å². The van der Waals surface area contributed by atoms with Crippen LogP contribution in [0, 0.1) is 0 Å². The molecule has 0 fully saturated rings. The van der Waals surface area contributed by atoms with Crippen LogP contribution >= 0.6 is 0 Å². The molecular weight excluding hydrogens is 675 g/mol. The van der Waals surface area contributed by atoms with Crippen LogP contribution in [0.25, 0.3) is 65.7 Å². The summed E-state index contributed by atoms with van der Waals surface area (Å²) in [6, 6.07) is 78.7. The second-order valence-electron chi connectivity index (χ2n) is 15.2. The van der Waals surface area contributed by atoms with E-state index < -0.39 is 5.41 Å². The van der Waals surface area contributed by atoms with E-state index in [2.05, 4.69) is 217 Å². The van der Waals surface area contributed by atoms with E-state index in [9.17, 15) is 0 Å². The Bertz CT molecular complexity index is 3150. The van der Waals surface area contributed by atoms with E-state index in [1.165, 1.54) is 88.0 Å². The van der Waals surface area contributed by atoms with Gasteiger partial charge < -0.3 is 4.90 Å². The minimum absolute atomic E-state index is 0.494. The summed E-state index contributed by atoms with van der Waals surface area (Å²) in [7, 11) is 0. The van der Waals surface area contributed by atoms with Crippen LogP contribution in [0.2, 0.25) is 0 Å². The summed E-state index contributed by atoms with van der Waals surface area (Å²) in [5, 5.41) is 7.75. The Morgan fingerprint density at radius 1 is 0.304 bits per heavy atom. The molecule has 1 spiro atoms. The Balaban J connectivity index is 1.17. The van der Waals surface area contributed by atoms with E-state index >= 15 is 0 Å². The zero-order valence-corrected chi connectivity index (χ0v) is 30.7. The fraction of sp³-hybridized carbons (Fsp3) is 0.0182. The molecule has 0 unspecified atom stereocenters. The van der Waals surface area contributed by atoms with Crippen LogP contribution in [0.3, 0.4) is 0 Å². The normalized spacial score (nSPS) is 13.1. The van der Waals surface area contributed by atoms with Crippen LogP contribution < -0.4 is 4.90 Å². The predicted molar refractivity (Wildman–Crippen MR) is 235 cm³/mol. The molecular formula is C55H35N. The summed E-state index contributed by atoms with van der Waals surface area (Å²) < 4.78 is 0. The van der Waals surface area contributed by atoms with E-state index in [0.717, 1.165) is 17.1 Å². The van der Waals surface area contributed by atoms with Crippen LogP contribution in [0.1, 0.15) is 22.3 Å². The maximum atomic E-state index is 2.42. The van der Waals surface area contributed by atoms with Gasteiger partial charge in [0.25, 0.3) is 0 Å². The van der Waals surface area contributed by atoms with E-state index in [1.54, 1.807) is 0 Å². The molecule has 0 saturated carbocycles. The highest BCUT2D eigenvalue weighted by Crippen LogP contribution is 2.66. The third-order valence-corrected chi connectivity index (χ3v) is 12.4. The summed E-state index contributed by atoms with van der Waals surface area (Å²) in [5.41, 5.74) is 16.1.